The van der Waals surface area contributed by atoms with Gasteiger partial charge in [0.15, 0.2) is 10.1 Å². The Labute approximate surface area is 178 Å². The van der Waals surface area contributed by atoms with E-state index in [-0.39, 0.29) is 0 Å². The van der Waals surface area contributed by atoms with E-state index in [1.807, 2.05) is 5.32 Å². The van der Waals surface area contributed by atoms with Crippen molar-refractivity contribution in [3.63, 3.8) is 0 Å². The Kier molecular flexibility index (Phi) is 9.71. The normalized spacial score (nSPS) is 15.2. The van der Waals surface area contributed by atoms with Crippen LogP contribution in [0.4, 0.5) is 30.7 Å². The molecule has 188 valence electrons. The van der Waals surface area contributed by atoms with Crippen molar-refractivity contribution in [1.29, 1.82) is 0 Å². The summed E-state index contributed by atoms with van der Waals surface area (Å²) in [5.41, 5.74) is -0.541. The molecular formula is C16H21F7NO7S-. The van der Waals surface area contributed by atoms with E-state index >= 15 is 0 Å². The van der Waals surface area contributed by atoms with E-state index in [0.29, 0.717) is 0 Å². The minimum absolute atomic E-state index is 0.541. The van der Waals surface area contributed by atoms with Crippen LogP contribution in [0.15, 0.2) is 12.2 Å². The first kappa shape index (κ1) is 30.1. The monoisotopic (exact) mass is 504 g/mol. The predicted molar refractivity (Wildman–Crippen MR) is 92.4 cm³/mol. The first-order valence-electron chi connectivity index (χ1n) is 8.74. The lowest BCUT2D eigenvalue weighted by Crippen LogP contribution is -2.62. The first-order chi connectivity index (χ1) is 14.1. The van der Waals surface area contributed by atoms with Crippen LogP contribution in [0, 0.1) is 0 Å². The number of halogens is 7. The van der Waals surface area contributed by atoms with Gasteiger partial charge in [-0.2, -0.15) is 30.7 Å². The molecule has 1 N–H and O–H groups in total. The molecule has 0 heterocycles. The highest BCUT2D eigenvalue weighted by Crippen LogP contribution is 2.42. The number of esters is 1. The number of rotatable bonds is 12. The summed E-state index contributed by atoms with van der Waals surface area (Å²) in [7, 11) is -6.72. The van der Waals surface area contributed by atoms with E-state index in [4.69, 9.17) is 0 Å². The molecule has 0 radical (unpaired) electrons. The zero-order valence-corrected chi connectivity index (χ0v) is 17.8. The lowest BCUT2D eigenvalue weighted by molar-refractivity contribution is -0.347. The number of alkyl halides is 7. The van der Waals surface area contributed by atoms with Crippen molar-refractivity contribution < 1.29 is 62.8 Å². The van der Waals surface area contributed by atoms with Gasteiger partial charge in [0.1, 0.15) is 0 Å². The fourth-order valence-corrected chi connectivity index (χ4v) is 2.45. The summed E-state index contributed by atoms with van der Waals surface area (Å²) in [5.74, 6) is -13.2. The molecule has 1 unspecified atom stereocenters. The van der Waals surface area contributed by atoms with E-state index in [1.54, 1.807) is 0 Å². The van der Waals surface area contributed by atoms with Crippen molar-refractivity contribution >= 4 is 22.0 Å². The maximum atomic E-state index is 13.7. The molecule has 16 heteroatoms. The van der Waals surface area contributed by atoms with Gasteiger partial charge >= 0.3 is 35.0 Å². The molecule has 0 bridgehead atoms. The van der Waals surface area contributed by atoms with Gasteiger partial charge in [0.25, 0.3) is 0 Å². The molecule has 0 aliphatic heterocycles. The number of hydrogen-bond acceptors (Lipinski definition) is 7. The summed E-state index contributed by atoms with van der Waals surface area (Å²) in [4.78, 5) is 23.8. The van der Waals surface area contributed by atoms with Crippen molar-refractivity contribution in [3.8, 4) is 0 Å². The Balaban J connectivity index is 5.54. The second-order valence-electron chi connectivity index (χ2n) is 6.89. The van der Waals surface area contributed by atoms with Gasteiger partial charge < -0.3 is 19.3 Å². The number of nitrogens with one attached hydrogen (secondary N) is 1. The van der Waals surface area contributed by atoms with Gasteiger partial charge in [-0.05, 0) is 33.6 Å². The zero-order valence-electron chi connectivity index (χ0n) is 17.0. The van der Waals surface area contributed by atoms with Gasteiger partial charge in [0, 0.05) is 18.0 Å². The third-order valence-electron chi connectivity index (χ3n) is 3.61. The summed E-state index contributed by atoms with van der Waals surface area (Å²) < 4.78 is 133. The SMILES string of the molecule is C=C(C)C(=O)OC(OCCCCC(F)(F)C(F)(F)S(=O)(=O)[O-])(C(=O)NC(C)C)C(F)(F)F. The van der Waals surface area contributed by atoms with Crippen molar-refractivity contribution in [2.24, 2.45) is 0 Å². The van der Waals surface area contributed by atoms with E-state index in [9.17, 15) is 53.3 Å². The van der Waals surface area contributed by atoms with E-state index < -0.39 is 82.6 Å². The highest BCUT2D eigenvalue weighted by Gasteiger charge is 2.66. The Bertz CT molecular complexity index is 812. The average molecular weight is 504 g/mol. The van der Waals surface area contributed by atoms with Crippen molar-refractivity contribution in [1.82, 2.24) is 5.32 Å². The van der Waals surface area contributed by atoms with Crippen LogP contribution < -0.4 is 5.32 Å². The molecule has 0 saturated carbocycles. The second-order valence-corrected chi connectivity index (χ2v) is 8.31. The van der Waals surface area contributed by atoms with Gasteiger partial charge in [-0.25, -0.2) is 13.2 Å². The van der Waals surface area contributed by atoms with E-state index in [2.05, 4.69) is 16.1 Å². The third kappa shape index (κ3) is 7.03. The quantitative estimate of drug-likeness (QED) is 0.108. The molecule has 0 aliphatic rings. The van der Waals surface area contributed by atoms with Crippen molar-refractivity contribution in [2.45, 2.75) is 69.2 Å². The zero-order chi connectivity index (χ0) is 25.8. The molecule has 0 aromatic carbocycles. The topological polar surface area (TPSA) is 122 Å². The van der Waals surface area contributed by atoms with E-state index in [1.165, 1.54) is 13.8 Å². The van der Waals surface area contributed by atoms with Crippen LogP contribution in [-0.4, -0.2) is 60.6 Å². The summed E-state index contributed by atoms with van der Waals surface area (Å²) in [6, 6.07) is -0.883. The summed E-state index contributed by atoms with van der Waals surface area (Å²) in [6.07, 6.45) is -9.47. The first-order valence-corrected chi connectivity index (χ1v) is 10.1. The van der Waals surface area contributed by atoms with Gasteiger partial charge in [0.2, 0.25) is 0 Å². The smallest absolute Gasteiger partial charge is 0.466 e. The highest BCUT2D eigenvalue weighted by atomic mass is 32.2. The summed E-state index contributed by atoms with van der Waals surface area (Å²) >= 11 is 0. The van der Waals surface area contributed by atoms with Crippen LogP contribution in [0.1, 0.15) is 40.0 Å². The molecule has 0 saturated heterocycles. The average Bonchev–Trinajstić information content (AvgIpc) is 2.56. The Morgan fingerprint density at radius 1 is 1.06 bits per heavy atom. The number of carbonyl (C=O) groups is 2. The molecule has 1 atom stereocenters. The molecule has 0 aliphatic carbocycles. The maximum Gasteiger partial charge on any atom is 0.466 e. The van der Waals surface area contributed by atoms with Gasteiger partial charge in [-0.3, -0.25) is 4.79 Å². The fraction of sp³-hybridized carbons (Fsp3) is 0.750. The predicted octanol–water partition coefficient (Wildman–Crippen LogP) is 2.85. The molecule has 0 fully saturated rings. The standard InChI is InChI=1S/C16H22F7NO7S/c1-9(2)11(25)31-14(15(19,20)21,12(26)24-10(3)4)30-8-6-5-7-13(17,18)16(22,23)32(27,28)29/h10H,1,5-8H2,2-4H3,(H,24,26)(H,27,28,29)/p-1. The van der Waals surface area contributed by atoms with Crippen LogP contribution in [-0.2, 0) is 29.2 Å². The molecular weight excluding hydrogens is 483 g/mol. The summed E-state index contributed by atoms with van der Waals surface area (Å²) in [5, 5.41) is -4.13. The maximum absolute atomic E-state index is 13.7. The van der Waals surface area contributed by atoms with E-state index in [0.717, 1.165) is 6.92 Å². The fourth-order valence-electron chi connectivity index (χ4n) is 1.98. The Morgan fingerprint density at radius 3 is 1.94 bits per heavy atom. The minimum atomic E-state index is -6.72. The highest BCUT2D eigenvalue weighted by molar-refractivity contribution is 7.86. The molecule has 0 aromatic rings. The molecule has 0 spiro atoms. The third-order valence-corrected chi connectivity index (χ3v) is 4.53. The number of amides is 1. The van der Waals surface area contributed by atoms with Crippen molar-refractivity contribution in [2.75, 3.05) is 6.61 Å². The van der Waals surface area contributed by atoms with Crippen LogP contribution in [0.25, 0.3) is 0 Å². The molecule has 0 aromatic heterocycles. The number of unbranched alkanes of at least 4 members (excludes halogenated alkanes) is 1. The Morgan fingerprint density at radius 2 is 1.56 bits per heavy atom. The number of ether oxygens (including phenoxy) is 2. The molecule has 0 rings (SSSR count). The lowest BCUT2D eigenvalue weighted by Gasteiger charge is -2.34. The number of carbonyl (C=O) groups excluding carboxylic acids is 2. The van der Waals surface area contributed by atoms with Crippen LogP contribution in [0.2, 0.25) is 0 Å². The lowest BCUT2D eigenvalue weighted by atomic mass is 10.1. The Hall–Kier alpha value is -1.94. The van der Waals surface area contributed by atoms with Gasteiger partial charge in [-0.1, -0.05) is 6.58 Å². The number of hydrogen-bond donors (Lipinski definition) is 1. The van der Waals surface area contributed by atoms with Gasteiger partial charge in [0.05, 0.1) is 6.61 Å². The van der Waals surface area contributed by atoms with Crippen molar-refractivity contribution in [3.05, 3.63) is 12.2 Å². The molecule has 8 nitrogen and oxygen atoms in total. The molecule has 1 amide bonds. The van der Waals surface area contributed by atoms with Crippen LogP contribution in [0.3, 0.4) is 0 Å². The summed E-state index contributed by atoms with van der Waals surface area (Å²) in [6.45, 7) is 5.36. The molecule has 32 heavy (non-hydrogen) atoms. The van der Waals surface area contributed by atoms with Crippen LogP contribution in [0.5, 0.6) is 0 Å². The van der Waals surface area contributed by atoms with Gasteiger partial charge in [-0.15, -0.1) is 0 Å². The van der Waals surface area contributed by atoms with Crippen LogP contribution >= 0.6 is 0 Å². The second kappa shape index (κ2) is 10.3. The minimum Gasteiger partial charge on any atom is -0.743 e. The largest absolute Gasteiger partial charge is 0.743 e.